The summed E-state index contributed by atoms with van der Waals surface area (Å²) in [5.41, 5.74) is -6.19. The number of aliphatic hydroxyl groups excluding tert-OH is 1. The third kappa shape index (κ3) is 5.99. The molecule has 1 atom stereocenters. The summed E-state index contributed by atoms with van der Waals surface area (Å²) in [6.07, 6.45) is -3.57. The predicted molar refractivity (Wildman–Crippen MR) is 121 cm³/mol. The average molecular weight is 516 g/mol. The van der Waals surface area contributed by atoms with E-state index >= 15 is 0 Å². The number of alkyl halides is 5. The largest absolute Gasteiger partial charge is 0.512 e. The van der Waals surface area contributed by atoms with Crippen LogP contribution in [-0.4, -0.2) is 15.1 Å². The Morgan fingerprint density at radius 1 is 1.03 bits per heavy atom. The fourth-order valence-electron chi connectivity index (χ4n) is 3.38. The Kier molecular flexibility index (Phi) is 7.55. The zero-order chi connectivity index (χ0) is 26.1. The normalized spacial score (nSPS) is 13.2. The topological polar surface area (TPSA) is 46.0 Å². The number of allylic oxidation sites excluding steroid dienone is 2. The minimum absolute atomic E-state index is 0.0111. The lowest BCUT2D eigenvalue weighted by atomic mass is 9.90. The molecule has 3 nitrogen and oxygen atoms in total. The van der Waals surface area contributed by atoms with Crippen molar-refractivity contribution in [2.45, 2.75) is 32.1 Å². The Labute approximate surface area is 198 Å². The Hall–Kier alpha value is -3.00. The molecule has 1 unspecified atom stereocenters. The van der Waals surface area contributed by atoms with Crippen LogP contribution in [0, 0.1) is 17.6 Å². The molecule has 0 fully saturated rings. The number of benzene rings is 1. The molecule has 35 heavy (non-hydrogen) atoms. The molecule has 0 aliphatic rings. The molecule has 0 aliphatic carbocycles. The maximum Gasteiger partial charge on any atom is 0.417 e. The molecule has 0 spiro atoms. The molecular formula is C24H20F7N2OP. The fourth-order valence-corrected chi connectivity index (χ4v) is 3.54. The standard InChI is InChI=1S/C24H20F7N2OP/c1-12(2)22(34)17(9-13-4-3-5-18(25)20(13)26)16-6-7-19(24(30,31)35)33-21(16)14-8-15(11-32-10-14)23(27,28)29/h3-8,10-12,34H,9,35H2,1-2H3/b22-17-. The lowest BCUT2D eigenvalue weighted by Gasteiger charge is -2.20. The molecule has 0 amide bonds. The van der Waals surface area contributed by atoms with Gasteiger partial charge in [0, 0.05) is 41.4 Å². The predicted octanol–water partition coefficient (Wildman–Crippen LogP) is 7.53. The van der Waals surface area contributed by atoms with Crippen molar-refractivity contribution in [3.63, 3.8) is 0 Å². The van der Waals surface area contributed by atoms with Crippen LogP contribution in [0.25, 0.3) is 16.8 Å². The van der Waals surface area contributed by atoms with Crippen LogP contribution in [0.1, 0.15) is 36.2 Å². The van der Waals surface area contributed by atoms with Gasteiger partial charge in [0.1, 0.15) is 5.69 Å². The first kappa shape index (κ1) is 26.6. The highest BCUT2D eigenvalue weighted by atomic mass is 31.0. The van der Waals surface area contributed by atoms with Crippen LogP contribution in [0.4, 0.5) is 30.7 Å². The Balaban J connectivity index is 2.32. The van der Waals surface area contributed by atoms with Gasteiger partial charge in [0.15, 0.2) is 11.6 Å². The van der Waals surface area contributed by atoms with E-state index in [2.05, 4.69) is 9.97 Å². The molecular weight excluding hydrogens is 496 g/mol. The number of rotatable bonds is 6. The second-order valence-corrected chi connectivity index (χ2v) is 8.81. The van der Waals surface area contributed by atoms with Gasteiger partial charge in [-0.2, -0.15) is 22.0 Å². The van der Waals surface area contributed by atoms with Gasteiger partial charge in [-0.05, 0) is 23.8 Å². The van der Waals surface area contributed by atoms with E-state index in [0.717, 1.165) is 24.4 Å². The Bertz CT molecular complexity index is 1270. The van der Waals surface area contributed by atoms with Crippen molar-refractivity contribution in [2.24, 2.45) is 5.92 Å². The molecule has 0 bridgehead atoms. The molecule has 1 aromatic carbocycles. The molecule has 11 heteroatoms. The number of aliphatic hydroxyl groups is 1. The summed E-state index contributed by atoms with van der Waals surface area (Å²) in [6.45, 7) is 3.20. The lowest BCUT2D eigenvalue weighted by Crippen LogP contribution is -2.11. The van der Waals surface area contributed by atoms with Gasteiger partial charge in [0.2, 0.25) is 0 Å². The van der Waals surface area contributed by atoms with E-state index in [1.807, 2.05) is 0 Å². The van der Waals surface area contributed by atoms with Gasteiger partial charge >= 0.3 is 6.18 Å². The van der Waals surface area contributed by atoms with Crippen molar-refractivity contribution in [1.82, 2.24) is 9.97 Å². The van der Waals surface area contributed by atoms with Crippen molar-refractivity contribution >= 4 is 14.8 Å². The van der Waals surface area contributed by atoms with Gasteiger partial charge < -0.3 is 5.11 Å². The van der Waals surface area contributed by atoms with Crippen molar-refractivity contribution in [3.8, 4) is 11.3 Å². The van der Waals surface area contributed by atoms with Gasteiger partial charge in [-0.15, -0.1) is 0 Å². The number of nitrogens with zero attached hydrogens (tertiary/aromatic N) is 2. The summed E-state index contributed by atoms with van der Waals surface area (Å²) in [5.74, 6) is -3.15. The van der Waals surface area contributed by atoms with Gasteiger partial charge in [-0.25, -0.2) is 13.8 Å². The minimum Gasteiger partial charge on any atom is -0.512 e. The zero-order valence-corrected chi connectivity index (χ0v) is 19.6. The third-order valence-electron chi connectivity index (χ3n) is 5.16. The summed E-state index contributed by atoms with van der Waals surface area (Å²) >= 11 is 0. The SMILES string of the molecule is CC(C)/C(O)=C(\Cc1cccc(F)c1F)c1ccc(C(F)(F)P)nc1-c1cncc(C(F)(F)F)c1. The van der Waals surface area contributed by atoms with E-state index < -0.39 is 40.6 Å². The first-order valence-corrected chi connectivity index (χ1v) is 10.8. The maximum absolute atomic E-state index is 14.4. The first-order valence-electron chi connectivity index (χ1n) is 10.3. The van der Waals surface area contributed by atoms with Crippen LogP contribution in [-0.2, 0) is 18.3 Å². The van der Waals surface area contributed by atoms with Crippen LogP contribution in [0.2, 0.25) is 0 Å². The van der Waals surface area contributed by atoms with Crippen LogP contribution in [0.15, 0.2) is 54.6 Å². The number of halogens is 7. The molecule has 0 saturated carbocycles. The van der Waals surface area contributed by atoms with E-state index in [-0.39, 0.29) is 40.1 Å². The smallest absolute Gasteiger partial charge is 0.417 e. The monoisotopic (exact) mass is 516 g/mol. The van der Waals surface area contributed by atoms with Gasteiger partial charge in [0.05, 0.1) is 17.0 Å². The summed E-state index contributed by atoms with van der Waals surface area (Å²) in [6, 6.07) is 6.23. The summed E-state index contributed by atoms with van der Waals surface area (Å²) in [4.78, 5) is 7.46. The molecule has 0 saturated heterocycles. The Morgan fingerprint density at radius 2 is 1.71 bits per heavy atom. The number of hydrogen-bond donors (Lipinski definition) is 1. The first-order chi connectivity index (χ1) is 16.2. The van der Waals surface area contributed by atoms with Crippen molar-refractivity contribution < 1.29 is 35.8 Å². The Morgan fingerprint density at radius 3 is 2.31 bits per heavy atom. The van der Waals surface area contributed by atoms with Crippen LogP contribution >= 0.6 is 9.24 Å². The van der Waals surface area contributed by atoms with Crippen molar-refractivity contribution in [3.05, 3.63) is 88.6 Å². The molecule has 0 aliphatic heterocycles. The van der Waals surface area contributed by atoms with Gasteiger partial charge in [0.25, 0.3) is 5.66 Å². The highest BCUT2D eigenvalue weighted by molar-refractivity contribution is 7.17. The van der Waals surface area contributed by atoms with Gasteiger partial charge in [-0.3, -0.25) is 4.98 Å². The number of pyridine rings is 2. The quantitative estimate of drug-likeness (QED) is 0.209. The highest BCUT2D eigenvalue weighted by Crippen LogP contribution is 2.40. The van der Waals surface area contributed by atoms with E-state index in [4.69, 9.17) is 0 Å². The second-order valence-electron chi connectivity index (χ2n) is 8.08. The van der Waals surface area contributed by atoms with E-state index in [0.29, 0.717) is 12.3 Å². The van der Waals surface area contributed by atoms with Crippen molar-refractivity contribution in [2.75, 3.05) is 0 Å². The number of hydrogen-bond acceptors (Lipinski definition) is 3. The summed E-state index contributed by atoms with van der Waals surface area (Å²) in [7, 11) is 1.29. The molecule has 186 valence electrons. The third-order valence-corrected chi connectivity index (χ3v) is 5.45. The molecule has 0 radical (unpaired) electrons. The van der Waals surface area contributed by atoms with Crippen molar-refractivity contribution in [1.29, 1.82) is 0 Å². The molecule has 3 rings (SSSR count). The minimum atomic E-state index is -4.77. The highest BCUT2D eigenvalue weighted by Gasteiger charge is 2.33. The van der Waals surface area contributed by atoms with E-state index in [1.54, 1.807) is 13.8 Å². The van der Waals surface area contributed by atoms with E-state index in [9.17, 15) is 35.8 Å². The fraction of sp³-hybridized carbons (Fsp3) is 0.250. The second kappa shape index (κ2) is 9.93. The molecule has 2 aromatic heterocycles. The van der Waals surface area contributed by atoms with Crippen LogP contribution in [0.3, 0.4) is 0 Å². The maximum atomic E-state index is 14.4. The zero-order valence-electron chi connectivity index (χ0n) is 18.5. The summed E-state index contributed by atoms with van der Waals surface area (Å²) < 4.78 is 96.2. The summed E-state index contributed by atoms with van der Waals surface area (Å²) in [5, 5.41) is 10.8. The number of aromatic nitrogens is 2. The van der Waals surface area contributed by atoms with E-state index in [1.165, 1.54) is 21.4 Å². The van der Waals surface area contributed by atoms with Crippen LogP contribution in [0.5, 0.6) is 0 Å². The average Bonchev–Trinajstić information content (AvgIpc) is 2.78. The molecule has 1 N–H and O–H groups in total. The van der Waals surface area contributed by atoms with Gasteiger partial charge in [-0.1, -0.05) is 41.3 Å². The molecule has 2 heterocycles. The van der Waals surface area contributed by atoms with Crippen LogP contribution < -0.4 is 0 Å². The molecule has 3 aromatic rings. The lowest BCUT2D eigenvalue weighted by molar-refractivity contribution is -0.137.